The summed E-state index contributed by atoms with van der Waals surface area (Å²) >= 11 is 2.00. The number of halogens is 1. The molecule has 3 heteroatoms. The van der Waals surface area contributed by atoms with Crippen LogP contribution in [0, 0.1) is 11.7 Å². The molecule has 1 N–H and O–H groups in total. The van der Waals surface area contributed by atoms with E-state index in [1.54, 1.807) is 12.1 Å². The molecule has 1 unspecified atom stereocenters. The van der Waals surface area contributed by atoms with Crippen LogP contribution in [0.3, 0.4) is 0 Å². The lowest BCUT2D eigenvalue weighted by molar-refractivity contribution is 0.438. The lowest BCUT2D eigenvalue weighted by Gasteiger charge is -2.19. The van der Waals surface area contributed by atoms with Crippen molar-refractivity contribution in [2.24, 2.45) is 5.92 Å². The largest absolute Gasteiger partial charge is 0.314 e. The molecule has 1 atom stereocenters. The van der Waals surface area contributed by atoms with Crippen molar-refractivity contribution in [2.45, 2.75) is 39.7 Å². The van der Waals surface area contributed by atoms with E-state index in [9.17, 15) is 4.39 Å². The molecule has 0 bridgehead atoms. The van der Waals surface area contributed by atoms with E-state index >= 15 is 0 Å². The first-order valence-corrected chi connectivity index (χ1v) is 8.32. The van der Waals surface area contributed by atoms with Crippen molar-refractivity contribution in [1.82, 2.24) is 5.32 Å². The minimum absolute atomic E-state index is 0.151. The van der Waals surface area contributed by atoms with Gasteiger partial charge in [0.05, 0.1) is 0 Å². The zero-order valence-electron chi connectivity index (χ0n) is 12.3. The molecule has 0 radical (unpaired) electrons. The van der Waals surface area contributed by atoms with Crippen molar-refractivity contribution in [3.63, 3.8) is 0 Å². The Morgan fingerprint density at radius 3 is 2.47 bits per heavy atom. The van der Waals surface area contributed by atoms with Crippen LogP contribution < -0.4 is 5.32 Å². The smallest absolute Gasteiger partial charge is 0.123 e. The van der Waals surface area contributed by atoms with Crippen LogP contribution in [-0.2, 0) is 6.42 Å². The van der Waals surface area contributed by atoms with E-state index in [2.05, 4.69) is 26.1 Å². The molecule has 0 aliphatic carbocycles. The average molecular weight is 283 g/mol. The maximum absolute atomic E-state index is 12.9. The molecule has 0 amide bonds. The van der Waals surface area contributed by atoms with E-state index in [4.69, 9.17) is 0 Å². The van der Waals surface area contributed by atoms with E-state index < -0.39 is 0 Å². The van der Waals surface area contributed by atoms with Gasteiger partial charge in [0.1, 0.15) is 5.82 Å². The van der Waals surface area contributed by atoms with Crippen LogP contribution in [0.5, 0.6) is 0 Å². The summed E-state index contributed by atoms with van der Waals surface area (Å²) < 4.78 is 12.9. The van der Waals surface area contributed by atoms with E-state index in [0.717, 1.165) is 13.0 Å². The topological polar surface area (TPSA) is 12.0 Å². The normalized spacial score (nSPS) is 12.9. The highest BCUT2D eigenvalue weighted by atomic mass is 32.2. The molecule has 1 aromatic carbocycles. The van der Waals surface area contributed by atoms with Gasteiger partial charge in [-0.3, -0.25) is 0 Å². The Balaban J connectivity index is 2.48. The minimum Gasteiger partial charge on any atom is -0.314 e. The van der Waals surface area contributed by atoms with E-state index in [-0.39, 0.29) is 5.82 Å². The monoisotopic (exact) mass is 283 g/mol. The first kappa shape index (κ1) is 16.5. The molecule has 0 saturated heterocycles. The second kappa shape index (κ2) is 9.38. The van der Waals surface area contributed by atoms with Crippen molar-refractivity contribution in [3.05, 3.63) is 35.6 Å². The van der Waals surface area contributed by atoms with Crippen LogP contribution in [-0.4, -0.2) is 24.1 Å². The quantitative estimate of drug-likeness (QED) is 0.684. The van der Waals surface area contributed by atoms with Gasteiger partial charge >= 0.3 is 0 Å². The molecule has 108 valence electrons. The van der Waals surface area contributed by atoms with E-state index in [0.29, 0.717) is 12.0 Å². The predicted octanol–water partition coefficient (Wildman–Crippen LogP) is 4.13. The highest BCUT2D eigenvalue weighted by molar-refractivity contribution is 7.99. The minimum atomic E-state index is -0.151. The molecule has 0 aromatic heterocycles. The van der Waals surface area contributed by atoms with E-state index in [1.807, 2.05) is 23.9 Å². The number of nitrogens with one attached hydrogen (secondary N) is 1. The average Bonchev–Trinajstić information content (AvgIpc) is 2.38. The third kappa shape index (κ3) is 7.58. The molecular weight excluding hydrogens is 257 g/mol. The third-order valence-corrected chi connectivity index (χ3v) is 4.06. The van der Waals surface area contributed by atoms with Gasteiger partial charge in [-0.1, -0.05) is 32.9 Å². The summed E-state index contributed by atoms with van der Waals surface area (Å²) in [7, 11) is 0. The van der Waals surface area contributed by atoms with Crippen LogP contribution >= 0.6 is 11.8 Å². The molecule has 0 heterocycles. The molecular formula is C16H26FNS. The van der Waals surface area contributed by atoms with Gasteiger partial charge in [-0.25, -0.2) is 4.39 Å². The molecule has 1 aromatic rings. The van der Waals surface area contributed by atoms with Crippen molar-refractivity contribution < 1.29 is 4.39 Å². The number of hydrogen-bond donors (Lipinski definition) is 1. The Hall–Kier alpha value is -0.540. The maximum atomic E-state index is 12.9. The molecule has 1 rings (SSSR count). The van der Waals surface area contributed by atoms with Gasteiger partial charge in [0.15, 0.2) is 0 Å². The van der Waals surface area contributed by atoms with Crippen LogP contribution in [0.4, 0.5) is 4.39 Å². The van der Waals surface area contributed by atoms with Crippen molar-refractivity contribution in [2.75, 3.05) is 18.1 Å². The Labute approximate surface area is 121 Å². The van der Waals surface area contributed by atoms with Crippen LogP contribution in [0.1, 0.15) is 32.8 Å². The molecule has 0 aliphatic rings. The number of thioether (sulfide) groups is 1. The number of benzene rings is 1. The van der Waals surface area contributed by atoms with Crippen LogP contribution in [0.2, 0.25) is 0 Å². The van der Waals surface area contributed by atoms with Gasteiger partial charge in [0.2, 0.25) is 0 Å². The van der Waals surface area contributed by atoms with E-state index in [1.165, 1.54) is 23.5 Å². The molecule has 0 fully saturated rings. The molecule has 19 heavy (non-hydrogen) atoms. The first-order valence-electron chi connectivity index (χ1n) is 7.17. The van der Waals surface area contributed by atoms with Crippen molar-refractivity contribution >= 4 is 11.8 Å². The number of hydrogen-bond acceptors (Lipinski definition) is 2. The molecule has 0 saturated carbocycles. The molecule has 1 nitrogen and oxygen atoms in total. The van der Waals surface area contributed by atoms with Gasteiger partial charge < -0.3 is 5.32 Å². The predicted molar refractivity (Wildman–Crippen MR) is 84.3 cm³/mol. The highest BCUT2D eigenvalue weighted by Gasteiger charge is 2.10. The summed E-state index contributed by atoms with van der Waals surface area (Å²) in [5.41, 5.74) is 1.23. The Morgan fingerprint density at radius 2 is 1.89 bits per heavy atom. The Morgan fingerprint density at radius 1 is 1.21 bits per heavy atom. The van der Waals surface area contributed by atoms with Crippen LogP contribution in [0.25, 0.3) is 0 Å². The standard InChI is InChI=1S/C16H26FNS/c1-4-19-10-9-15(12-18-13(2)3)11-14-5-7-16(17)8-6-14/h5-8,13,15,18H,4,9-12H2,1-3H3. The van der Waals surface area contributed by atoms with Gasteiger partial charge in [0, 0.05) is 6.04 Å². The summed E-state index contributed by atoms with van der Waals surface area (Å²) in [6, 6.07) is 7.45. The lowest BCUT2D eigenvalue weighted by Crippen LogP contribution is -2.30. The lowest BCUT2D eigenvalue weighted by atomic mass is 9.96. The second-order valence-corrected chi connectivity index (χ2v) is 6.64. The fourth-order valence-corrected chi connectivity index (χ4v) is 2.82. The van der Waals surface area contributed by atoms with Gasteiger partial charge in [0.25, 0.3) is 0 Å². The SMILES string of the molecule is CCSCCC(CNC(C)C)Cc1ccc(F)cc1. The summed E-state index contributed by atoms with van der Waals surface area (Å²) in [6.45, 7) is 7.59. The fraction of sp³-hybridized carbons (Fsp3) is 0.625. The van der Waals surface area contributed by atoms with Crippen LogP contribution in [0.15, 0.2) is 24.3 Å². The first-order chi connectivity index (χ1) is 9.11. The highest BCUT2D eigenvalue weighted by Crippen LogP contribution is 2.16. The van der Waals surface area contributed by atoms with Crippen molar-refractivity contribution in [3.8, 4) is 0 Å². The van der Waals surface area contributed by atoms with Gasteiger partial charge in [-0.2, -0.15) is 11.8 Å². The zero-order chi connectivity index (χ0) is 14.1. The third-order valence-electron chi connectivity index (χ3n) is 3.13. The zero-order valence-corrected chi connectivity index (χ0v) is 13.1. The molecule has 0 spiro atoms. The Kier molecular flexibility index (Phi) is 8.15. The number of rotatable bonds is 9. The summed E-state index contributed by atoms with van der Waals surface area (Å²) in [5.74, 6) is 2.87. The summed E-state index contributed by atoms with van der Waals surface area (Å²) in [6.07, 6.45) is 2.25. The fourth-order valence-electron chi connectivity index (χ4n) is 2.03. The Bertz CT molecular complexity index is 337. The van der Waals surface area contributed by atoms with Gasteiger partial charge in [-0.15, -0.1) is 0 Å². The summed E-state index contributed by atoms with van der Waals surface area (Å²) in [4.78, 5) is 0. The second-order valence-electron chi connectivity index (χ2n) is 5.25. The summed E-state index contributed by atoms with van der Waals surface area (Å²) in [5, 5.41) is 3.52. The van der Waals surface area contributed by atoms with Crippen molar-refractivity contribution in [1.29, 1.82) is 0 Å². The maximum Gasteiger partial charge on any atom is 0.123 e. The van der Waals surface area contributed by atoms with Gasteiger partial charge in [-0.05, 0) is 54.5 Å². The molecule has 0 aliphatic heterocycles.